The second-order valence-electron chi connectivity index (χ2n) is 8.97. The fourth-order valence-corrected chi connectivity index (χ4v) is 3.03. The predicted molar refractivity (Wildman–Crippen MR) is 107 cm³/mol. The van der Waals surface area contributed by atoms with Gasteiger partial charge in [-0.3, -0.25) is 4.98 Å². The van der Waals surface area contributed by atoms with Crippen molar-refractivity contribution in [2.24, 2.45) is 0 Å². The summed E-state index contributed by atoms with van der Waals surface area (Å²) in [7, 11) is 0. The summed E-state index contributed by atoms with van der Waals surface area (Å²) in [6.07, 6.45) is 10.7. The number of nitrogens with zero attached hydrogens (tertiary/aromatic N) is 2. The van der Waals surface area contributed by atoms with Crippen molar-refractivity contribution < 1.29 is 0 Å². The Bertz CT molecular complexity index is 530. The first kappa shape index (κ1) is 20.9. The zero-order chi connectivity index (χ0) is 18.4. The van der Waals surface area contributed by atoms with E-state index < -0.39 is 0 Å². The molecule has 1 rings (SSSR count). The van der Waals surface area contributed by atoms with Gasteiger partial charge in [-0.05, 0) is 18.9 Å². The Labute approximate surface area is 150 Å². The van der Waals surface area contributed by atoms with Gasteiger partial charge in [-0.1, -0.05) is 87.1 Å². The van der Waals surface area contributed by atoms with E-state index in [2.05, 4.69) is 55.0 Å². The van der Waals surface area contributed by atoms with Gasteiger partial charge in [-0.15, -0.1) is 0 Å². The summed E-state index contributed by atoms with van der Waals surface area (Å²) in [5.74, 6) is 0. The van der Waals surface area contributed by atoms with Crippen LogP contribution in [0.4, 0.5) is 0 Å². The monoisotopic (exact) mass is 330 g/mol. The van der Waals surface area contributed by atoms with Gasteiger partial charge >= 0.3 is 0 Å². The van der Waals surface area contributed by atoms with Crippen molar-refractivity contribution in [1.82, 2.24) is 9.97 Å². The third-order valence-electron chi connectivity index (χ3n) is 4.38. The molecule has 0 aliphatic rings. The average molecular weight is 331 g/mol. The minimum Gasteiger partial charge on any atom is -0.253 e. The average Bonchev–Trinajstić information content (AvgIpc) is 2.47. The van der Waals surface area contributed by atoms with Gasteiger partial charge < -0.3 is 0 Å². The molecule has 0 saturated carbocycles. The summed E-state index contributed by atoms with van der Waals surface area (Å²) < 4.78 is 0. The number of unbranched alkanes of at least 4 members (excludes halogenated alkanes) is 5. The lowest BCUT2D eigenvalue weighted by Crippen LogP contribution is -2.25. The van der Waals surface area contributed by atoms with Crippen LogP contribution in [0.5, 0.6) is 0 Å². The van der Waals surface area contributed by atoms with E-state index in [1.807, 2.05) is 6.08 Å². The molecule has 1 aromatic rings. The molecule has 0 N–H and O–H groups in total. The predicted octanol–water partition coefficient (Wildman–Crippen LogP) is 6.62. The molecule has 2 nitrogen and oxygen atoms in total. The quantitative estimate of drug-likeness (QED) is 0.501. The van der Waals surface area contributed by atoms with Crippen molar-refractivity contribution in [3.63, 3.8) is 0 Å². The van der Waals surface area contributed by atoms with Crippen molar-refractivity contribution in [2.75, 3.05) is 0 Å². The van der Waals surface area contributed by atoms with Crippen LogP contribution in [0.1, 0.15) is 110 Å². The molecule has 0 spiro atoms. The standard InChI is InChI=1S/C22H38N2/c1-9-11-12-13-14-15-16-18-20(22(6,7)8)24-19(21(3,4)5)17(10-2)23-18/h10H,2,9,11-16H2,1,3-8H3. The molecule has 0 aliphatic heterocycles. The zero-order valence-corrected chi connectivity index (χ0v) is 17.1. The van der Waals surface area contributed by atoms with Gasteiger partial charge in [0.15, 0.2) is 0 Å². The lowest BCUT2D eigenvalue weighted by Gasteiger charge is -2.27. The first-order valence-corrected chi connectivity index (χ1v) is 9.65. The molecule has 0 radical (unpaired) electrons. The van der Waals surface area contributed by atoms with Crippen LogP contribution in [-0.4, -0.2) is 9.97 Å². The molecule has 0 fully saturated rings. The summed E-state index contributed by atoms with van der Waals surface area (Å²) in [4.78, 5) is 10.1. The van der Waals surface area contributed by atoms with Crippen LogP contribution >= 0.6 is 0 Å². The number of rotatable bonds is 8. The van der Waals surface area contributed by atoms with Crippen molar-refractivity contribution in [1.29, 1.82) is 0 Å². The summed E-state index contributed by atoms with van der Waals surface area (Å²) in [5, 5.41) is 0. The molecule has 0 aromatic carbocycles. The minimum absolute atomic E-state index is 0.0181. The van der Waals surface area contributed by atoms with E-state index in [0.29, 0.717) is 0 Å². The Kier molecular flexibility index (Phi) is 7.63. The highest BCUT2D eigenvalue weighted by Gasteiger charge is 2.27. The first-order chi connectivity index (χ1) is 11.1. The van der Waals surface area contributed by atoms with E-state index in [4.69, 9.17) is 9.97 Å². The van der Waals surface area contributed by atoms with Gasteiger partial charge in [0, 0.05) is 10.8 Å². The van der Waals surface area contributed by atoms with Crippen LogP contribution in [-0.2, 0) is 17.3 Å². The van der Waals surface area contributed by atoms with Gasteiger partial charge in [0.1, 0.15) is 0 Å². The van der Waals surface area contributed by atoms with Crippen LogP contribution in [0, 0.1) is 0 Å². The lowest BCUT2D eigenvalue weighted by molar-refractivity contribution is 0.512. The van der Waals surface area contributed by atoms with Crippen LogP contribution in [0.3, 0.4) is 0 Å². The topological polar surface area (TPSA) is 25.8 Å². The number of aromatic nitrogens is 2. The van der Waals surface area contributed by atoms with Gasteiger partial charge in [0.05, 0.1) is 22.8 Å². The number of hydrogen-bond donors (Lipinski definition) is 0. The van der Waals surface area contributed by atoms with Crippen molar-refractivity contribution in [2.45, 2.75) is 104 Å². The van der Waals surface area contributed by atoms with Gasteiger partial charge in [0.2, 0.25) is 0 Å². The maximum absolute atomic E-state index is 5.08. The molecule has 24 heavy (non-hydrogen) atoms. The minimum atomic E-state index is -0.0186. The molecule has 0 amide bonds. The second kappa shape index (κ2) is 8.78. The normalized spacial score (nSPS) is 12.5. The molecule has 2 heteroatoms. The lowest BCUT2D eigenvalue weighted by atomic mass is 9.85. The highest BCUT2D eigenvalue weighted by molar-refractivity contribution is 5.48. The Morgan fingerprint density at radius 3 is 1.83 bits per heavy atom. The Balaban J connectivity index is 3.03. The molecule has 0 atom stereocenters. The van der Waals surface area contributed by atoms with Crippen LogP contribution in [0.25, 0.3) is 6.08 Å². The smallest absolute Gasteiger partial charge is 0.0848 e. The van der Waals surface area contributed by atoms with Crippen LogP contribution in [0.2, 0.25) is 0 Å². The van der Waals surface area contributed by atoms with E-state index in [9.17, 15) is 0 Å². The maximum atomic E-state index is 5.08. The maximum Gasteiger partial charge on any atom is 0.0848 e. The Morgan fingerprint density at radius 2 is 1.33 bits per heavy atom. The highest BCUT2D eigenvalue weighted by Crippen LogP contribution is 2.30. The zero-order valence-electron chi connectivity index (χ0n) is 17.1. The van der Waals surface area contributed by atoms with Crippen LogP contribution in [0.15, 0.2) is 6.58 Å². The van der Waals surface area contributed by atoms with E-state index in [-0.39, 0.29) is 10.8 Å². The van der Waals surface area contributed by atoms with E-state index >= 15 is 0 Å². The summed E-state index contributed by atoms with van der Waals surface area (Å²) in [6, 6.07) is 0. The molecular formula is C22H38N2. The molecule has 1 aromatic heterocycles. The van der Waals surface area contributed by atoms with Crippen LogP contribution < -0.4 is 0 Å². The van der Waals surface area contributed by atoms with E-state index in [0.717, 1.165) is 23.5 Å². The van der Waals surface area contributed by atoms with E-state index in [1.165, 1.54) is 44.2 Å². The fourth-order valence-electron chi connectivity index (χ4n) is 3.03. The molecule has 1 heterocycles. The van der Waals surface area contributed by atoms with Crippen molar-refractivity contribution >= 4 is 6.08 Å². The number of hydrogen-bond acceptors (Lipinski definition) is 2. The summed E-state index contributed by atoms with van der Waals surface area (Å²) in [5.41, 5.74) is 4.34. The fraction of sp³-hybridized carbons (Fsp3) is 0.727. The van der Waals surface area contributed by atoms with E-state index in [1.54, 1.807) is 0 Å². The SMILES string of the molecule is C=Cc1nc(CCCCCCCC)c(C(C)(C)C)nc1C(C)(C)C. The molecule has 0 saturated heterocycles. The largest absolute Gasteiger partial charge is 0.253 e. The summed E-state index contributed by atoms with van der Waals surface area (Å²) in [6.45, 7) is 19.5. The number of aryl methyl sites for hydroxylation is 1. The molecule has 136 valence electrons. The Hall–Kier alpha value is -1.18. The van der Waals surface area contributed by atoms with Crippen molar-refractivity contribution in [3.8, 4) is 0 Å². The second-order valence-corrected chi connectivity index (χ2v) is 8.97. The van der Waals surface area contributed by atoms with Gasteiger partial charge in [-0.25, -0.2) is 4.98 Å². The van der Waals surface area contributed by atoms with Gasteiger partial charge in [-0.2, -0.15) is 0 Å². The third-order valence-corrected chi connectivity index (χ3v) is 4.38. The molecule has 0 bridgehead atoms. The van der Waals surface area contributed by atoms with Crippen molar-refractivity contribution in [3.05, 3.63) is 29.4 Å². The first-order valence-electron chi connectivity index (χ1n) is 9.65. The van der Waals surface area contributed by atoms with Gasteiger partial charge in [0.25, 0.3) is 0 Å². The highest BCUT2D eigenvalue weighted by atomic mass is 14.9. The molecule has 0 unspecified atom stereocenters. The third kappa shape index (κ3) is 6.03. The summed E-state index contributed by atoms with van der Waals surface area (Å²) >= 11 is 0. The Morgan fingerprint density at radius 1 is 0.792 bits per heavy atom. The molecular weight excluding hydrogens is 292 g/mol. The molecule has 0 aliphatic carbocycles.